The maximum absolute atomic E-state index is 5.89. The molecule has 0 saturated heterocycles. The molecular weight excluding hydrogens is 234 g/mol. The summed E-state index contributed by atoms with van der Waals surface area (Å²) in [4.78, 5) is 3.90. The second kappa shape index (κ2) is 4.45. The van der Waals surface area contributed by atoms with Gasteiger partial charge in [0, 0.05) is 21.2 Å². The molecule has 0 aliphatic heterocycles. The van der Waals surface area contributed by atoms with Gasteiger partial charge in [0.25, 0.3) is 0 Å². The highest BCUT2D eigenvalue weighted by Gasteiger charge is 2.04. The topological polar surface area (TPSA) is 12.0 Å². The van der Waals surface area contributed by atoms with E-state index in [2.05, 4.69) is 23.5 Å². The minimum Gasteiger partial charge on any atom is -0.315 e. The van der Waals surface area contributed by atoms with Crippen molar-refractivity contribution in [3.63, 3.8) is 0 Å². The van der Waals surface area contributed by atoms with Crippen LogP contribution in [0.2, 0.25) is 4.34 Å². The van der Waals surface area contributed by atoms with Gasteiger partial charge in [0.05, 0.1) is 4.34 Å². The van der Waals surface area contributed by atoms with Crippen molar-refractivity contribution < 1.29 is 0 Å². The van der Waals surface area contributed by atoms with E-state index in [-0.39, 0.29) is 0 Å². The van der Waals surface area contributed by atoms with E-state index in [1.165, 1.54) is 14.6 Å². The summed E-state index contributed by atoms with van der Waals surface area (Å²) >= 11 is 9.33. The van der Waals surface area contributed by atoms with Crippen molar-refractivity contribution >= 4 is 34.3 Å². The molecule has 2 rings (SSSR count). The molecular formula is C10H10ClNS2. The van der Waals surface area contributed by atoms with Crippen LogP contribution in [-0.4, -0.2) is 7.05 Å². The monoisotopic (exact) mass is 243 g/mol. The second-order valence-corrected chi connectivity index (χ2v) is 5.78. The van der Waals surface area contributed by atoms with Crippen molar-refractivity contribution in [2.75, 3.05) is 7.05 Å². The van der Waals surface area contributed by atoms with E-state index in [1.54, 1.807) is 11.3 Å². The molecule has 0 unspecified atom stereocenters. The quantitative estimate of drug-likeness (QED) is 0.864. The summed E-state index contributed by atoms with van der Waals surface area (Å²) in [6.45, 7) is 0.934. The molecule has 1 N–H and O–H groups in total. The second-order valence-electron chi connectivity index (χ2n) is 2.90. The highest BCUT2D eigenvalue weighted by atomic mass is 35.5. The molecule has 0 saturated carbocycles. The maximum atomic E-state index is 5.89. The lowest BCUT2D eigenvalue weighted by Gasteiger charge is -1.92. The summed E-state index contributed by atoms with van der Waals surface area (Å²) in [5.74, 6) is 0. The molecule has 1 nitrogen and oxygen atoms in total. The van der Waals surface area contributed by atoms with Gasteiger partial charge in [0.15, 0.2) is 0 Å². The van der Waals surface area contributed by atoms with Gasteiger partial charge in [-0.3, -0.25) is 0 Å². The lowest BCUT2D eigenvalue weighted by molar-refractivity contribution is 0.831. The summed E-state index contributed by atoms with van der Waals surface area (Å²) in [6.07, 6.45) is 0. The molecule has 0 bridgehead atoms. The van der Waals surface area contributed by atoms with Gasteiger partial charge in [0.1, 0.15) is 0 Å². The zero-order chi connectivity index (χ0) is 9.97. The lowest BCUT2D eigenvalue weighted by atomic mass is 10.4. The summed E-state index contributed by atoms with van der Waals surface area (Å²) < 4.78 is 0.851. The van der Waals surface area contributed by atoms with Crippen LogP contribution in [0.25, 0.3) is 9.75 Å². The standard InChI is InChI=1S/C10H10ClNS2/c1-12-6-7-2-3-8(13-7)9-4-5-10(11)14-9/h2-5,12H,6H2,1H3. The van der Waals surface area contributed by atoms with Crippen LogP contribution in [0.15, 0.2) is 24.3 Å². The normalized spacial score (nSPS) is 10.7. The van der Waals surface area contributed by atoms with E-state index in [0.29, 0.717) is 0 Å². The number of thiophene rings is 2. The third kappa shape index (κ3) is 2.17. The van der Waals surface area contributed by atoms with Crippen molar-refractivity contribution in [3.8, 4) is 9.75 Å². The van der Waals surface area contributed by atoms with Crippen molar-refractivity contribution in [1.29, 1.82) is 0 Å². The minimum absolute atomic E-state index is 0.851. The molecule has 4 heteroatoms. The van der Waals surface area contributed by atoms with Crippen LogP contribution in [0, 0.1) is 0 Å². The van der Waals surface area contributed by atoms with Crippen LogP contribution >= 0.6 is 34.3 Å². The van der Waals surface area contributed by atoms with Crippen LogP contribution in [0.1, 0.15) is 4.88 Å². The summed E-state index contributed by atoms with van der Waals surface area (Å²) in [7, 11) is 1.96. The Morgan fingerprint density at radius 1 is 1.14 bits per heavy atom. The summed E-state index contributed by atoms with van der Waals surface area (Å²) in [5.41, 5.74) is 0. The fourth-order valence-electron chi connectivity index (χ4n) is 1.23. The fraction of sp³-hybridized carbons (Fsp3) is 0.200. The molecule has 0 fully saturated rings. The molecule has 0 atom stereocenters. The van der Waals surface area contributed by atoms with Crippen molar-refractivity contribution in [2.45, 2.75) is 6.54 Å². The van der Waals surface area contributed by atoms with Gasteiger partial charge in [-0.15, -0.1) is 22.7 Å². The predicted molar refractivity (Wildman–Crippen MR) is 65.4 cm³/mol. The largest absolute Gasteiger partial charge is 0.315 e. The smallest absolute Gasteiger partial charge is 0.0935 e. The molecule has 2 heterocycles. The van der Waals surface area contributed by atoms with E-state index >= 15 is 0 Å². The van der Waals surface area contributed by atoms with Gasteiger partial charge in [-0.05, 0) is 31.3 Å². The first-order valence-electron chi connectivity index (χ1n) is 4.28. The Labute approximate surface area is 96.4 Å². The zero-order valence-corrected chi connectivity index (χ0v) is 10.1. The summed E-state index contributed by atoms with van der Waals surface area (Å²) in [5, 5.41) is 3.14. The van der Waals surface area contributed by atoms with Gasteiger partial charge in [-0.1, -0.05) is 11.6 Å². The average molecular weight is 244 g/mol. The number of hydrogen-bond donors (Lipinski definition) is 1. The first kappa shape index (κ1) is 10.2. The maximum Gasteiger partial charge on any atom is 0.0935 e. The predicted octanol–water partition coefficient (Wildman–Crippen LogP) is 3.85. The first-order valence-corrected chi connectivity index (χ1v) is 6.29. The van der Waals surface area contributed by atoms with E-state index in [0.717, 1.165) is 10.9 Å². The van der Waals surface area contributed by atoms with E-state index in [4.69, 9.17) is 11.6 Å². The van der Waals surface area contributed by atoms with Crippen molar-refractivity contribution in [3.05, 3.63) is 33.5 Å². The zero-order valence-electron chi connectivity index (χ0n) is 7.71. The number of halogens is 1. The molecule has 2 aromatic rings. The minimum atomic E-state index is 0.851. The number of nitrogens with one attached hydrogen (secondary N) is 1. The molecule has 14 heavy (non-hydrogen) atoms. The van der Waals surface area contributed by atoms with E-state index in [9.17, 15) is 0 Å². The molecule has 2 aromatic heterocycles. The summed E-state index contributed by atoms with van der Waals surface area (Å²) in [6, 6.07) is 8.32. The van der Waals surface area contributed by atoms with Gasteiger partial charge in [-0.25, -0.2) is 0 Å². The molecule has 0 amide bonds. The van der Waals surface area contributed by atoms with E-state index in [1.807, 2.05) is 24.5 Å². The van der Waals surface area contributed by atoms with Crippen LogP contribution < -0.4 is 5.32 Å². The van der Waals surface area contributed by atoms with Crippen LogP contribution in [0.5, 0.6) is 0 Å². The van der Waals surface area contributed by atoms with Gasteiger partial charge < -0.3 is 5.32 Å². The Kier molecular flexibility index (Phi) is 3.23. The van der Waals surface area contributed by atoms with Gasteiger partial charge >= 0.3 is 0 Å². The number of hydrogen-bond acceptors (Lipinski definition) is 3. The molecule has 0 spiro atoms. The Morgan fingerprint density at radius 3 is 2.50 bits per heavy atom. The van der Waals surface area contributed by atoms with Gasteiger partial charge in [-0.2, -0.15) is 0 Å². The highest BCUT2D eigenvalue weighted by molar-refractivity contribution is 7.24. The van der Waals surface area contributed by atoms with Crippen molar-refractivity contribution in [1.82, 2.24) is 5.32 Å². The first-order chi connectivity index (χ1) is 6.79. The molecule has 0 aliphatic carbocycles. The molecule has 0 radical (unpaired) electrons. The average Bonchev–Trinajstić information content (AvgIpc) is 2.74. The Hall–Kier alpha value is -0.350. The third-order valence-corrected chi connectivity index (χ3v) is 4.34. The Balaban J connectivity index is 2.24. The van der Waals surface area contributed by atoms with Crippen LogP contribution in [0.4, 0.5) is 0 Å². The van der Waals surface area contributed by atoms with E-state index < -0.39 is 0 Å². The van der Waals surface area contributed by atoms with Gasteiger partial charge in [0.2, 0.25) is 0 Å². The molecule has 74 valence electrons. The SMILES string of the molecule is CNCc1ccc(-c2ccc(Cl)s2)s1. The molecule has 0 aromatic carbocycles. The van der Waals surface area contributed by atoms with Crippen LogP contribution in [-0.2, 0) is 6.54 Å². The van der Waals surface area contributed by atoms with Crippen molar-refractivity contribution in [2.24, 2.45) is 0 Å². The lowest BCUT2D eigenvalue weighted by Crippen LogP contribution is -2.02. The highest BCUT2D eigenvalue weighted by Crippen LogP contribution is 2.35. The van der Waals surface area contributed by atoms with Crippen LogP contribution in [0.3, 0.4) is 0 Å². The molecule has 0 aliphatic rings. The number of rotatable bonds is 3. The Morgan fingerprint density at radius 2 is 1.86 bits per heavy atom. The third-order valence-electron chi connectivity index (χ3n) is 1.83. The fourth-order valence-corrected chi connectivity index (χ4v) is 3.38. The Bertz CT molecular complexity index is 419.